The maximum Gasteiger partial charge on any atom is 0.338 e. The number of carbonyl (C=O) groups is 2. The summed E-state index contributed by atoms with van der Waals surface area (Å²) in [5, 5.41) is 2.67. The van der Waals surface area contributed by atoms with Gasteiger partial charge in [-0.2, -0.15) is 0 Å². The van der Waals surface area contributed by atoms with Gasteiger partial charge in [-0.1, -0.05) is 36.4 Å². The summed E-state index contributed by atoms with van der Waals surface area (Å²) in [5.74, 6) is -1.59. The summed E-state index contributed by atoms with van der Waals surface area (Å²) >= 11 is 0. The average Bonchev–Trinajstić information content (AvgIpc) is 2.56. The molecule has 120 valence electrons. The minimum Gasteiger partial charge on any atom is -0.452 e. The summed E-state index contributed by atoms with van der Waals surface area (Å²) in [4.78, 5) is 23.4. The van der Waals surface area contributed by atoms with Crippen molar-refractivity contribution in [2.24, 2.45) is 0 Å². The molecule has 0 atom stereocenters. The number of amides is 1. The van der Waals surface area contributed by atoms with Crippen LogP contribution in [0.15, 0.2) is 48.5 Å². The van der Waals surface area contributed by atoms with E-state index in [-0.39, 0.29) is 18.1 Å². The van der Waals surface area contributed by atoms with E-state index in [1.807, 2.05) is 30.3 Å². The molecule has 1 amide bonds. The molecule has 5 heteroatoms. The van der Waals surface area contributed by atoms with E-state index in [1.165, 1.54) is 12.1 Å². The van der Waals surface area contributed by atoms with E-state index in [4.69, 9.17) is 4.74 Å². The highest BCUT2D eigenvalue weighted by molar-refractivity contribution is 5.91. The van der Waals surface area contributed by atoms with Crippen molar-refractivity contribution in [3.8, 4) is 0 Å². The number of aryl methyl sites for hydroxylation is 1. The first-order valence-corrected chi connectivity index (χ1v) is 7.30. The first-order valence-electron chi connectivity index (χ1n) is 7.30. The number of nitrogens with one attached hydrogen (secondary N) is 1. The van der Waals surface area contributed by atoms with Gasteiger partial charge < -0.3 is 10.1 Å². The van der Waals surface area contributed by atoms with E-state index in [0.29, 0.717) is 18.5 Å². The number of benzene rings is 2. The second-order valence-electron chi connectivity index (χ2n) is 5.13. The molecule has 0 fully saturated rings. The molecule has 0 aromatic heterocycles. The normalized spacial score (nSPS) is 10.2. The third kappa shape index (κ3) is 5.21. The average molecular weight is 315 g/mol. The van der Waals surface area contributed by atoms with Crippen LogP contribution < -0.4 is 5.32 Å². The van der Waals surface area contributed by atoms with Gasteiger partial charge in [0.1, 0.15) is 5.82 Å². The van der Waals surface area contributed by atoms with Gasteiger partial charge in [-0.05, 0) is 36.6 Å². The topological polar surface area (TPSA) is 55.4 Å². The molecular formula is C18H18FNO3. The first kappa shape index (κ1) is 16.7. The minimum absolute atomic E-state index is 0.0881. The Morgan fingerprint density at radius 3 is 2.57 bits per heavy atom. The second-order valence-corrected chi connectivity index (χ2v) is 5.13. The van der Waals surface area contributed by atoms with Gasteiger partial charge >= 0.3 is 5.97 Å². The molecule has 0 spiro atoms. The zero-order chi connectivity index (χ0) is 16.7. The Bertz CT molecular complexity index is 686. The Morgan fingerprint density at radius 1 is 1.13 bits per heavy atom. The van der Waals surface area contributed by atoms with Gasteiger partial charge in [0.25, 0.3) is 5.91 Å². The zero-order valence-electron chi connectivity index (χ0n) is 12.8. The van der Waals surface area contributed by atoms with Crippen LogP contribution in [0.4, 0.5) is 4.39 Å². The highest BCUT2D eigenvalue weighted by atomic mass is 19.1. The molecule has 2 aromatic rings. The van der Waals surface area contributed by atoms with Crippen LogP contribution >= 0.6 is 0 Å². The highest BCUT2D eigenvalue weighted by Gasteiger charge is 2.11. The van der Waals surface area contributed by atoms with Crippen LogP contribution in [0.3, 0.4) is 0 Å². The summed E-state index contributed by atoms with van der Waals surface area (Å²) in [6.45, 7) is 1.67. The van der Waals surface area contributed by atoms with Gasteiger partial charge in [0.15, 0.2) is 6.61 Å². The molecular weight excluding hydrogens is 297 g/mol. The predicted molar refractivity (Wildman–Crippen MR) is 84.6 cm³/mol. The number of hydrogen-bond donors (Lipinski definition) is 1. The van der Waals surface area contributed by atoms with Crippen LogP contribution in [0.2, 0.25) is 0 Å². The quantitative estimate of drug-likeness (QED) is 0.834. The molecule has 0 unspecified atom stereocenters. The zero-order valence-corrected chi connectivity index (χ0v) is 12.8. The number of hydrogen-bond acceptors (Lipinski definition) is 3. The van der Waals surface area contributed by atoms with Crippen LogP contribution in [-0.2, 0) is 16.0 Å². The van der Waals surface area contributed by atoms with Crippen molar-refractivity contribution in [1.82, 2.24) is 5.32 Å². The lowest BCUT2D eigenvalue weighted by Crippen LogP contribution is -2.30. The smallest absolute Gasteiger partial charge is 0.338 e. The SMILES string of the molecule is Cc1ccc(C(=O)OCC(=O)NCCc2ccccc2)cc1F. The molecule has 4 nitrogen and oxygen atoms in total. The summed E-state index contributed by atoms with van der Waals surface area (Å²) in [5.41, 5.74) is 1.64. The second kappa shape index (κ2) is 8.08. The molecule has 0 radical (unpaired) electrons. The summed E-state index contributed by atoms with van der Waals surface area (Å²) in [6.07, 6.45) is 0.698. The minimum atomic E-state index is -0.720. The van der Waals surface area contributed by atoms with E-state index in [1.54, 1.807) is 6.92 Å². The maximum atomic E-state index is 13.4. The van der Waals surface area contributed by atoms with Crippen LogP contribution in [0.25, 0.3) is 0 Å². The molecule has 2 rings (SSSR count). The molecule has 0 aliphatic rings. The lowest BCUT2D eigenvalue weighted by Gasteiger charge is -2.07. The van der Waals surface area contributed by atoms with Crippen molar-refractivity contribution in [2.45, 2.75) is 13.3 Å². The van der Waals surface area contributed by atoms with Crippen molar-refractivity contribution in [2.75, 3.05) is 13.2 Å². The van der Waals surface area contributed by atoms with Crippen LogP contribution in [0.5, 0.6) is 0 Å². The van der Waals surface area contributed by atoms with Gasteiger partial charge in [-0.3, -0.25) is 4.79 Å². The van der Waals surface area contributed by atoms with Gasteiger partial charge in [0, 0.05) is 6.54 Å². The molecule has 0 bridgehead atoms. The lowest BCUT2D eigenvalue weighted by atomic mass is 10.1. The third-order valence-electron chi connectivity index (χ3n) is 3.32. The van der Waals surface area contributed by atoms with Crippen molar-refractivity contribution in [3.63, 3.8) is 0 Å². The number of ether oxygens (including phenoxy) is 1. The molecule has 0 saturated carbocycles. The van der Waals surface area contributed by atoms with Gasteiger partial charge in [0.05, 0.1) is 5.56 Å². The van der Waals surface area contributed by atoms with E-state index in [9.17, 15) is 14.0 Å². The van der Waals surface area contributed by atoms with Crippen LogP contribution in [0.1, 0.15) is 21.5 Å². The van der Waals surface area contributed by atoms with E-state index < -0.39 is 11.8 Å². The molecule has 2 aromatic carbocycles. The lowest BCUT2D eigenvalue weighted by molar-refractivity contribution is -0.124. The molecule has 0 aliphatic heterocycles. The van der Waals surface area contributed by atoms with Crippen molar-refractivity contribution in [3.05, 3.63) is 71.0 Å². The molecule has 0 saturated heterocycles. The highest BCUT2D eigenvalue weighted by Crippen LogP contribution is 2.10. The van der Waals surface area contributed by atoms with E-state index in [2.05, 4.69) is 5.32 Å². The Labute approximate surface area is 134 Å². The molecule has 23 heavy (non-hydrogen) atoms. The number of rotatable bonds is 6. The Morgan fingerprint density at radius 2 is 1.87 bits per heavy atom. The van der Waals surface area contributed by atoms with E-state index >= 15 is 0 Å². The maximum absolute atomic E-state index is 13.4. The van der Waals surface area contributed by atoms with Gasteiger partial charge in [-0.15, -0.1) is 0 Å². The fraction of sp³-hybridized carbons (Fsp3) is 0.222. The van der Waals surface area contributed by atoms with E-state index in [0.717, 1.165) is 11.6 Å². The molecule has 0 aliphatic carbocycles. The fourth-order valence-electron chi connectivity index (χ4n) is 1.98. The van der Waals surface area contributed by atoms with Crippen molar-refractivity contribution < 1.29 is 18.7 Å². The van der Waals surface area contributed by atoms with Crippen LogP contribution in [-0.4, -0.2) is 25.0 Å². The largest absolute Gasteiger partial charge is 0.452 e. The Balaban J connectivity index is 1.73. The van der Waals surface area contributed by atoms with Crippen molar-refractivity contribution in [1.29, 1.82) is 0 Å². The van der Waals surface area contributed by atoms with Gasteiger partial charge in [-0.25, -0.2) is 9.18 Å². The Kier molecular flexibility index (Phi) is 5.86. The van der Waals surface area contributed by atoms with Gasteiger partial charge in [0.2, 0.25) is 0 Å². The summed E-state index contributed by atoms with van der Waals surface area (Å²) < 4.78 is 18.2. The molecule has 0 heterocycles. The summed E-state index contributed by atoms with van der Waals surface area (Å²) in [7, 11) is 0. The fourth-order valence-corrected chi connectivity index (χ4v) is 1.98. The number of halogens is 1. The molecule has 1 N–H and O–H groups in total. The van der Waals surface area contributed by atoms with Crippen molar-refractivity contribution >= 4 is 11.9 Å². The Hall–Kier alpha value is -2.69. The standard InChI is InChI=1S/C18H18FNO3/c1-13-7-8-15(11-16(13)19)18(22)23-12-17(21)20-10-9-14-5-3-2-4-6-14/h2-8,11H,9-10,12H2,1H3,(H,20,21). The predicted octanol–water partition coefficient (Wildman–Crippen LogP) is 2.65. The van der Waals surface area contributed by atoms with Crippen LogP contribution in [0, 0.1) is 12.7 Å². The summed E-state index contributed by atoms with van der Waals surface area (Å²) in [6, 6.07) is 13.8. The number of esters is 1. The monoisotopic (exact) mass is 315 g/mol. The first-order chi connectivity index (χ1) is 11.1. The number of carbonyl (C=O) groups excluding carboxylic acids is 2. The third-order valence-corrected chi connectivity index (χ3v) is 3.32.